The van der Waals surface area contributed by atoms with Crippen LogP contribution in [0.4, 0.5) is 11.6 Å². The van der Waals surface area contributed by atoms with Gasteiger partial charge in [-0.3, -0.25) is 4.72 Å². The van der Waals surface area contributed by atoms with Crippen molar-refractivity contribution in [2.45, 2.75) is 24.7 Å². The minimum absolute atomic E-state index is 0.205. The van der Waals surface area contributed by atoms with Crippen molar-refractivity contribution in [2.24, 2.45) is 0 Å². The van der Waals surface area contributed by atoms with Crippen LogP contribution in [0.15, 0.2) is 59.5 Å². The molecule has 1 fully saturated rings. The molecule has 0 saturated carbocycles. The topological polar surface area (TPSA) is 78.4 Å². The minimum Gasteiger partial charge on any atom is -0.352 e. The summed E-state index contributed by atoms with van der Waals surface area (Å²) in [5.74, 6) is 0.869. The van der Waals surface area contributed by atoms with Gasteiger partial charge < -0.3 is 9.80 Å². The summed E-state index contributed by atoms with van der Waals surface area (Å²) in [7, 11) is -3.76. The first-order valence-electron chi connectivity index (χ1n) is 10.4. The van der Waals surface area contributed by atoms with Crippen molar-refractivity contribution in [1.82, 2.24) is 14.9 Å². The third-order valence-electron chi connectivity index (χ3n) is 5.26. The zero-order valence-electron chi connectivity index (χ0n) is 17.2. The van der Waals surface area contributed by atoms with E-state index in [9.17, 15) is 8.42 Å². The second-order valence-electron chi connectivity index (χ2n) is 7.49. The number of rotatable bonds is 6. The summed E-state index contributed by atoms with van der Waals surface area (Å²) in [4.78, 5) is 14.2. The Bertz CT molecular complexity index is 1100. The molecule has 1 aromatic heterocycles. The first-order chi connectivity index (χ1) is 14.6. The molecule has 1 saturated heterocycles. The van der Waals surface area contributed by atoms with Crippen molar-refractivity contribution in [3.63, 3.8) is 0 Å². The summed E-state index contributed by atoms with van der Waals surface area (Å²) in [6, 6.07) is 15.9. The summed E-state index contributed by atoms with van der Waals surface area (Å²) in [6.45, 7) is 6.82. The molecule has 0 bridgehead atoms. The average molecular weight is 426 g/mol. The van der Waals surface area contributed by atoms with Crippen LogP contribution in [0.3, 0.4) is 0 Å². The van der Waals surface area contributed by atoms with Gasteiger partial charge in [0.05, 0.1) is 15.9 Å². The summed E-state index contributed by atoms with van der Waals surface area (Å²) >= 11 is 0. The fourth-order valence-electron chi connectivity index (χ4n) is 3.79. The molecular formula is C22H27N5O2S. The molecule has 0 amide bonds. The summed E-state index contributed by atoms with van der Waals surface area (Å²) in [5, 5.41) is 0. The highest BCUT2D eigenvalue weighted by atomic mass is 32.2. The molecule has 7 nitrogen and oxygen atoms in total. The number of hydrogen-bond donors (Lipinski definition) is 1. The smallest absolute Gasteiger partial charge is 0.263 e. The first kappa shape index (κ1) is 20.6. The van der Waals surface area contributed by atoms with E-state index in [1.165, 1.54) is 0 Å². The number of benzene rings is 2. The van der Waals surface area contributed by atoms with Gasteiger partial charge in [0.2, 0.25) is 0 Å². The Labute approximate surface area is 177 Å². The quantitative estimate of drug-likeness (QED) is 0.653. The predicted molar refractivity (Wildman–Crippen MR) is 120 cm³/mol. The lowest BCUT2D eigenvalue weighted by Crippen LogP contribution is -2.32. The second kappa shape index (κ2) is 8.97. The highest BCUT2D eigenvalue weighted by molar-refractivity contribution is 7.92. The standard InChI is InChI=1S/C22H27N5O2S/c1-2-13-26-14-8-15-27(17-16-26)22-21(23-19-11-6-7-12-20(19)24-22)25-30(28,29)18-9-4-3-5-10-18/h3-7,9-12H,2,8,13-17H2,1H3,(H,23,25). The Morgan fingerprint density at radius 3 is 2.33 bits per heavy atom. The van der Waals surface area contributed by atoms with Gasteiger partial charge in [-0.1, -0.05) is 37.3 Å². The number of hydrogen-bond acceptors (Lipinski definition) is 6. The van der Waals surface area contributed by atoms with Crippen LogP contribution in [0.2, 0.25) is 0 Å². The van der Waals surface area contributed by atoms with Crippen LogP contribution in [-0.4, -0.2) is 56.0 Å². The summed E-state index contributed by atoms with van der Waals surface area (Å²) in [5.41, 5.74) is 1.42. The lowest BCUT2D eigenvalue weighted by molar-refractivity contribution is 0.294. The monoisotopic (exact) mass is 425 g/mol. The Morgan fingerprint density at radius 2 is 1.60 bits per heavy atom. The molecule has 0 atom stereocenters. The third kappa shape index (κ3) is 4.55. The fraction of sp³-hybridized carbons (Fsp3) is 0.364. The van der Waals surface area contributed by atoms with Crippen LogP contribution in [0.5, 0.6) is 0 Å². The molecular weight excluding hydrogens is 398 g/mol. The molecule has 1 N–H and O–H groups in total. The summed E-state index contributed by atoms with van der Waals surface area (Å²) < 4.78 is 28.6. The Hall–Kier alpha value is -2.71. The van der Waals surface area contributed by atoms with Gasteiger partial charge in [-0.15, -0.1) is 0 Å². The van der Waals surface area contributed by atoms with Crippen LogP contribution in [0.1, 0.15) is 19.8 Å². The maximum absolute atomic E-state index is 13.0. The van der Waals surface area contributed by atoms with E-state index >= 15 is 0 Å². The van der Waals surface area contributed by atoms with E-state index in [0.717, 1.165) is 51.1 Å². The van der Waals surface area contributed by atoms with Gasteiger partial charge in [0.1, 0.15) is 0 Å². The van der Waals surface area contributed by atoms with Gasteiger partial charge in [0.25, 0.3) is 10.0 Å². The molecule has 4 rings (SSSR count). The largest absolute Gasteiger partial charge is 0.352 e. The van der Waals surface area contributed by atoms with E-state index in [-0.39, 0.29) is 10.7 Å². The maximum Gasteiger partial charge on any atom is 0.263 e. The lowest BCUT2D eigenvalue weighted by Gasteiger charge is -2.24. The van der Waals surface area contributed by atoms with Gasteiger partial charge in [-0.05, 0) is 50.2 Å². The van der Waals surface area contributed by atoms with Crippen LogP contribution in [0.25, 0.3) is 11.0 Å². The molecule has 30 heavy (non-hydrogen) atoms. The molecule has 1 aliphatic heterocycles. The second-order valence-corrected chi connectivity index (χ2v) is 9.17. The molecule has 158 valence electrons. The van der Waals surface area contributed by atoms with E-state index in [4.69, 9.17) is 4.98 Å². The molecule has 2 heterocycles. The van der Waals surface area contributed by atoms with Crippen LogP contribution in [-0.2, 0) is 10.0 Å². The van der Waals surface area contributed by atoms with E-state index in [2.05, 4.69) is 26.4 Å². The Balaban J connectivity index is 1.71. The molecule has 0 unspecified atom stereocenters. The highest BCUT2D eigenvalue weighted by Crippen LogP contribution is 2.28. The van der Waals surface area contributed by atoms with Crippen molar-refractivity contribution in [1.29, 1.82) is 0 Å². The lowest BCUT2D eigenvalue weighted by atomic mass is 10.3. The maximum atomic E-state index is 13.0. The number of para-hydroxylation sites is 2. The molecule has 0 radical (unpaired) electrons. The normalized spacial score (nSPS) is 15.8. The average Bonchev–Trinajstić information content (AvgIpc) is 2.99. The highest BCUT2D eigenvalue weighted by Gasteiger charge is 2.23. The first-order valence-corrected chi connectivity index (χ1v) is 11.9. The Morgan fingerprint density at radius 1 is 0.900 bits per heavy atom. The van der Waals surface area contributed by atoms with Crippen molar-refractivity contribution in [3.05, 3.63) is 54.6 Å². The van der Waals surface area contributed by atoms with Gasteiger partial charge in [-0.2, -0.15) is 0 Å². The van der Waals surface area contributed by atoms with Crippen LogP contribution in [0, 0.1) is 0 Å². The molecule has 0 aliphatic carbocycles. The van der Waals surface area contributed by atoms with E-state index in [0.29, 0.717) is 11.3 Å². The SMILES string of the molecule is CCCN1CCCN(c2nc3ccccc3nc2NS(=O)(=O)c2ccccc2)CC1. The predicted octanol–water partition coefficient (Wildman–Crippen LogP) is 3.35. The molecule has 2 aromatic carbocycles. The summed E-state index contributed by atoms with van der Waals surface area (Å²) in [6.07, 6.45) is 2.12. The number of nitrogens with zero attached hydrogens (tertiary/aromatic N) is 4. The van der Waals surface area contributed by atoms with Gasteiger partial charge in [0.15, 0.2) is 11.6 Å². The number of anilines is 2. The van der Waals surface area contributed by atoms with Gasteiger partial charge >= 0.3 is 0 Å². The number of aromatic nitrogens is 2. The van der Waals surface area contributed by atoms with Crippen LogP contribution < -0.4 is 9.62 Å². The fourth-order valence-corrected chi connectivity index (χ4v) is 4.81. The zero-order valence-corrected chi connectivity index (χ0v) is 18.0. The third-order valence-corrected chi connectivity index (χ3v) is 6.62. The molecule has 3 aromatic rings. The van der Waals surface area contributed by atoms with Crippen molar-refractivity contribution < 1.29 is 8.42 Å². The molecule has 0 spiro atoms. The number of sulfonamides is 1. The number of fused-ring (bicyclic) bond motifs is 1. The van der Waals surface area contributed by atoms with Crippen LogP contribution >= 0.6 is 0 Å². The van der Waals surface area contributed by atoms with Crippen molar-refractivity contribution in [2.75, 3.05) is 42.3 Å². The molecule has 1 aliphatic rings. The molecule has 8 heteroatoms. The van der Waals surface area contributed by atoms with E-state index in [1.54, 1.807) is 30.3 Å². The van der Waals surface area contributed by atoms with Gasteiger partial charge in [0, 0.05) is 19.6 Å². The van der Waals surface area contributed by atoms with Crippen molar-refractivity contribution in [3.8, 4) is 0 Å². The number of nitrogens with one attached hydrogen (secondary N) is 1. The van der Waals surface area contributed by atoms with Crippen molar-refractivity contribution >= 4 is 32.7 Å². The minimum atomic E-state index is -3.76. The van der Waals surface area contributed by atoms with Gasteiger partial charge in [-0.25, -0.2) is 18.4 Å². The van der Waals surface area contributed by atoms with E-state index in [1.807, 2.05) is 24.3 Å². The Kier molecular flexibility index (Phi) is 6.15. The van der Waals surface area contributed by atoms with E-state index < -0.39 is 10.0 Å². The zero-order chi connectivity index (χ0) is 21.0.